The van der Waals surface area contributed by atoms with Crippen molar-refractivity contribution in [2.75, 3.05) is 7.05 Å². The standard InChI is InChI=1S/C20H22N2O/c1-21-15-8-9-16(21)11-17(10-15)22-12-14-7-6-13-4-2-3-5-18(13)19(14)20(22)23/h2-7,15-17H,8-12H2,1H3/t15-,16?,17?/m0/s1. The van der Waals surface area contributed by atoms with Crippen LogP contribution in [0.2, 0.25) is 0 Å². The second-order valence-corrected chi connectivity index (χ2v) is 7.43. The second kappa shape index (κ2) is 4.81. The topological polar surface area (TPSA) is 23.6 Å². The Hall–Kier alpha value is -1.87. The number of piperidine rings is 1. The van der Waals surface area contributed by atoms with E-state index in [9.17, 15) is 4.79 Å². The molecule has 3 nitrogen and oxygen atoms in total. The zero-order valence-corrected chi connectivity index (χ0v) is 13.5. The molecule has 3 aliphatic rings. The predicted molar refractivity (Wildman–Crippen MR) is 91.4 cm³/mol. The minimum atomic E-state index is 0.255. The van der Waals surface area contributed by atoms with Gasteiger partial charge in [-0.1, -0.05) is 36.4 Å². The monoisotopic (exact) mass is 306 g/mol. The summed E-state index contributed by atoms with van der Waals surface area (Å²) in [6, 6.07) is 14.3. The summed E-state index contributed by atoms with van der Waals surface area (Å²) in [5.74, 6) is 0.255. The maximum absolute atomic E-state index is 13.1. The lowest BCUT2D eigenvalue weighted by atomic mass is 9.96. The molecule has 3 atom stereocenters. The molecule has 1 amide bonds. The molecule has 2 fully saturated rings. The number of amides is 1. The summed E-state index contributed by atoms with van der Waals surface area (Å²) in [4.78, 5) is 17.8. The highest BCUT2D eigenvalue weighted by atomic mass is 16.2. The molecule has 2 bridgehead atoms. The van der Waals surface area contributed by atoms with E-state index in [1.165, 1.54) is 23.8 Å². The molecule has 0 radical (unpaired) electrons. The number of carbonyl (C=O) groups excluding carboxylic acids is 1. The molecule has 3 heterocycles. The summed E-state index contributed by atoms with van der Waals surface area (Å²) in [6.07, 6.45) is 4.89. The van der Waals surface area contributed by atoms with Gasteiger partial charge in [-0.3, -0.25) is 4.79 Å². The van der Waals surface area contributed by atoms with Crippen molar-refractivity contribution in [1.29, 1.82) is 0 Å². The van der Waals surface area contributed by atoms with E-state index < -0.39 is 0 Å². The molecule has 2 aromatic rings. The van der Waals surface area contributed by atoms with Crippen LogP contribution in [-0.4, -0.2) is 40.9 Å². The van der Waals surface area contributed by atoms with Crippen LogP contribution in [0.3, 0.4) is 0 Å². The van der Waals surface area contributed by atoms with Gasteiger partial charge in [0.25, 0.3) is 5.91 Å². The average molecular weight is 306 g/mol. The van der Waals surface area contributed by atoms with Crippen molar-refractivity contribution >= 4 is 16.7 Å². The summed E-state index contributed by atoms with van der Waals surface area (Å²) < 4.78 is 0. The molecule has 0 spiro atoms. The van der Waals surface area contributed by atoms with Gasteiger partial charge in [-0.15, -0.1) is 0 Å². The van der Waals surface area contributed by atoms with Crippen LogP contribution in [0.25, 0.3) is 10.8 Å². The molecule has 2 aromatic carbocycles. The Morgan fingerprint density at radius 1 is 0.957 bits per heavy atom. The second-order valence-electron chi connectivity index (χ2n) is 7.43. The largest absolute Gasteiger partial charge is 0.331 e. The highest BCUT2D eigenvalue weighted by molar-refractivity contribution is 6.10. The van der Waals surface area contributed by atoms with Crippen LogP contribution in [0.5, 0.6) is 0 Å². The molecular weight excluding hydrogens is 284 g/mol. The van der Waals surface area contributed by atoms with Gasteiger partial charge >= 0.3 is 0 Å². The maximum atomic E-state index is 13.1. The molecule has 2 saturated heterocycles. The molecule has 0 saturated carbocycles. The Morgan fingerprint density at radius 3 is 2.48 bits per heavy atom. The van der Waals surface area contributed by atoms with Crippen molar-refractivity contribution in [3.05, 3.63) is 47.5 Å². The fraction of sp³-hybridized carbons (Fsp3) is 0.450. The average Bonchev–Trinajstić information content (AvgIpc) is 2.99. The van der Waals surface area contributed by atoms with Crippen molar-refractivity contribution in [3.8, 4) is 0 Å². The van der Waals surface area contributed by atoms with Crippen molar-refractivity contribution in [2.24, 2.45) is 0 Å². The van der Waals surface area contributed by atoms with Gasteiger partial charge in [0.2, 0.25) is 0 Å². The van der Waals surface area contributed by atoms with Gasteiger partial charge in [-0.2, -0.15) is 0 Å². The molecule has 118 valence electrons. The van der Waals surface area contributed by atoms with Crippen LogP contribution in [0.15, 0.2) is 36.4 Å². The lowest BCUT2D eigenvalue weighted by Gasteiger charge is -2.40. The molecule has 0 aliphatic carbocycles. The zero-order chi connectivity index (χ0) is 15.6. The quantitative estimate of drug-likeness (QED) is 0.806. The Bertz CT molecular complexity index is 785. The fourth-order valence-corrected chi connectivity index (χ4v) is 5.03. The van der Waals surface area contributed by atoms with E-state index >= 15 is 0 Å². The van der Waals surface area contributed by atoms with E-state index in [1.54, 1.807) is 0 Å². The molecule has 3 aliphatic heterocycles. The highest BCUT2D eigenvalue weighted by Gasteiger charge is 2.43. The highest BCUT2D eigenvalue weighted by Crippen LogP contribution is 2.39. The molecule has 0 aromatic heterocycles. The van der Waals surface area contributed by atoms with Crippen molar-refractivity contribution in [3.63, 3.8) is 0 Å². The van der Waals surface area contributed by atoms with Crippen LogP contribution in [0, 0.1) is 0 Å². The van der Waals surface area contributed by atoms with E-state index in [0.29, 0.717) is 18.1 Å². The summed E-state index contributed by atoms with van der Waals surface area (Å²) >= 11 is 0. The van der Waals surface area contributed by atoms with Crippen LogP contribution >= 0.6 is 0 Å². The van der Waals surface area contributed by atoms with E-state index in [0.717, 1.165) is 30.3 Å². The first-order valence-electron chi connectivity index (χ1n) is 8.76. The molecule has 23 heavy (non-hydrogen) atoms. The summed E-state index contributed by atoms with van der Waals surface area (Å²) in [6.45, 7) is 0.798. The van der Waals surface area contributed by atoms with Crippen molar-refractivity contribution < 1.29 is 4.79 Å². The molecular formula is C20H22N2O. The summed E-state index contributed by atoms with van der Waals surface area (Å²) in [7, 11) is 2.26. The van der Waals surface area contributed by atoms with Crippen molar-refractivity contribution in [2.45, 2.75) is 50.4 Å². The van der Waals surface area contributed by atoms with Gasteiger partial charge in [0.1, 0.15) is 0 Å². The molecule has 0 N–H and O–H groups in total. The minimum absolute atomic E-state index is 0.255. The van der Waals surface area contributed by atoms with Gasteiger partial charge in [0, 0.05) is 24.7 Å². The maximum Gasteiger partial charge on any atom is 0.255 e. The van der Waals surface area contributed by atoms with Crippen LogP contribution in [0.4, 0.5) is 0 Å². The Kier molecular flexibility index (Phi) is 2.84. The number of carbonyl (C=O) groups is 1. The molecule has 5 rings (SSSR count). The third-order valence-electron chi connectivity index (χ3n) is 6.34. The number of benzene rings is 2. The number of hydrogen-bond donors (Lipinski definition) is 0. The van der Waals surface area contributed by atoms with Gasteiger partial charge in [-0.25, -0.2) is 0 Å². The number of rotatable bonds is 1. The third kappa shape index (κ3) is 1.89. The lowest BCUT2D eigenvalue weighted by Crippen LogP contribution is -2.49. The molecule has 3 heteroatoms. The summed E-state index contributed by atoms with van der Waals surface area (Å²) in [5.41, 5.74) is 2.16. The SMILES string of the molecule is CN1C2CC[C@H]1CC(N1Cc3ccc4ccccc4c3C1=O)C2. The number of nitrogens with zero attached hydrogens (tertiary/aromatic N) is 2. The van der Waals surface area contributed by atoms with Crippen LogP contribution in [-0.2, 0) is 6.54 Å². The zero-order valence-electron chi connectivity index (χ0n) is 13.5. The van der Waals surface area contributed by atoms with E-state index in [2.05, 4.69) is 41.1 Å². The fourth-order valence-electron chi connectivity index (χ4n) is 5.03. The normalized spacial score (nSPS) is 30.2. The minimum Gasteiger partial charge on any atom is -0.331 e. The van der Waals surface area contributed by atoms with Gasteiger partial charge in [0.15, 0.2) is 0 Å². The Morgan fingerprint density at radius 2 is 1.70 bits per heavy atom. The van der Waals surface area contributed by atoms with Gasteiger partial charge in [-0.05, 0) is 49.1 Å². The van der Waals surface area contributed by atoms with E-state index in [-0.39, 0.29) is 5.91 Å². The van der Waals surface area contributed by atoms with Crippen molar-refractivity contribution in [1.82, 2.24) is 9.80 Å². The Labute approximate surface area is 136 Å². The van der Waals surface area contributed by atoms with Crippen LogP contribution in [0.1, 0.15) is 41.6 Å². The first-order chi connectivity index (χ1) is 11.2. The smallest absolute Gasteiger partial charge is 0.255 e. The first-order valence-corrected chi connectivity index (χ1v) is 8.76. The molecule has 2 unspecified atom stereocenters. The number of fused-ring (bicyclic) bond motifs is 5. The van der Waals surface area contributed by atoms with Crippen LogP contribution < -0.4 is 0 Å². The Balaban J connectivity index is 1.51. The van der Waals surface area contributed by atoms with Gasteiger partial charge in [0.05, 0.1) is 5.56 Å². The number of hydrogen-bond acceptors (Lipinski definition) is 2. The predicted octanol–water partition coefficient (Wildman–Crippen LogP) is 3.42. The van der Waals surface area contributed by atoms with E-state index in [4.69, 9.17) is 0 Å². The third-order valence-corrected chi connectivity index (χ3v) is 6.34. The van der Waals surface area contributed by atoms with Gasteiger partial charge < -0.3 is 9.80 Å². The lowest BCUT2D eigenvalue weighted by molar-refractivity contribution is 0.0508. The summed E-state index contributed by atoms with van der Waals surface area (Å²) in [5, 5.41) is 2.29. The van der Waals surface area contributed by atoms with E-state index in [1.807, 2.05) is 12.1 Å². The first kappa shape index (κ1) is 13.6.